The Balaban J connectivity index is 1.84. The number of hydrogen-bond acceptors (Lipinski definition) is 3. The molecular weight excluding hydrogens is 309 g/mol. The molecule has 1 heterocycles. The summed E-state index contributed by atoms with van der Waals surface area (Å²) in [4.78, 5) is 15.9. The van der Waals surface area contributed by atoms with E-state index >= 15 is 0 Å². The van der Waals surface area contributed by atoms with Gasteiger partial charge >= 0.3 is 12.5 Å². The quantitative estimate of drug-likeness (QED) is 0.684. The van der Waals surface area contributed by atoms with Gasteiger partial charge < -0.3 is 4.74 Å². The highest BCUT2D eigenvalue weighted by atomic mass is 19.3. The van der Waals surface area contributed by atoms with Crippen LogP contribution in [-0.2, 0) is 11.3 Å². The fraction of sp³-hybridized carbons (Fsp3) is 0.125. The number of hydrogen-bond donors (Lipinski definition) is 0. The van der Waals surface area contributed by atoms with E-state index in [4.69, 9.17) is 4.74 Å². The van der Waals surface area contributed by atoms with Crippen LogP contribution in [0.4, 0.5) is 13.2 Å². The lowest BCUT2D eigenvalue weighted by atomic mass is 10.2. The van der Waals surface area contributed by atoms with Gasteiger partial charge in [0.05, 0.1) is 16.6 Å². The van der Waals surface area contributed by atoms with Gasteiger partial charge in [0.2, 0.25) is 0 Å². The van der Waals surface area contributed by atoms with E-state index in [2.05, 4.69) is 4.98 Å². The van der Waals surface area contributed by atoms with E-state index in [9.17, 15) is 18.0 Å². The second-order valence-corrected chi connectivity index (χ2v) is 4.75. The van der Waals surface area contributed by atoms with Crippen molar-refractivity contribution in [2.75, 3.05) is 0 Å². The van der Waals surface area contributed by atoms with Crippen LogP contribution < -0.4 is 0 Å². The molecule has 0 atom stereocenters. The fourth-order valence-electron chi connectivity index (χ4n) is 2.24. The molecule has 0 aliphatic rings. The van der Waals surface area contributed by atoms with Crippen molar-refractivity contribution in [1.29, 1.82) is 0 Å². The molecule has 0 bridgehead atoms. The van der Waals surface area contributed by atoms with Crippen molar-refractivity contribution in [2.24, 2.45) is 0 Å². The lowest BCUT2D eigenvalue weighted by molar-refractivity contribution is 0.0387. The standard InChI is InChI=1S/C16H11F3N2O2/c17-11-5-3-4-10(8-11)15(22)23-9-14-20-12-6-1-2-7-13(12)21(14)16(18)19/h1-8,16H,9H2. The molecule has 0 saturated carbocycles. The predicted octanol–water partition coefficient (Wildman–Crippen LogP) is 3.93. The van der Waals surface area contributed by atoms with E-state index in [0.29, 0.717) is 10.1 Å². The van der Waals surface area contributed by atoms with Crippen LogP contribution >= 0.6 is 0 Å². The zero-order valence-electron chi connectivity index (χ0n) is 11.7. The highest BCUT2D eigenvalue weighted by molar-refractivity contribution is 5.89. The number of benzene rings is 2. The lowest BCUT2D eigenvalue weighted by Gasteiger charge is -2.08. The number of alkyl halides is 2. The Bertz CT molecular complexity index is 861. The Morgan fingerprint density at radius 2 is 1.96 bits per heavy atom. The minimum atomic E-state index is -2.81. The summed E-state index contributed by atoms with van der Waals surface area (Å²) in [5.41, 5.74) is 0.633. The lowest BCUT2D eigenvalue weighted by Crippen LogP contribution is -2.10. The third-order valence-corrected chi connectivity index (χ3v) is 3.26. The summed E-state index contributed by atoms with van der Waals surface area (Å²) in [7, 11) is 0. The van der Waals surface area contributed by atoms with Crippen molar-refractivity contribution < 1.29 is 22.7 Å². The zero-order chi connectivity index (χ0) is 16.4. The van der Waals surface area contributed by atoms with Gasteiger partial charge in [-0.25, -0.2) is 14.2 Å². The number of rotatable bonds is 4. The number of esters is 1. The van der Waals surface area contributed by atoms with Crippen molar-refractivity contribution in [3.05, 3.63) is 65.7 Å². The first-order valence-electron chi connectivity index (χ1n) is 6.73. The van der Waals surface area contributed by atoms with Crippen molar-refractivity contribution in [1.82, 2.24) is 9.55 Å². The number of nitrogens with zero attached hydrogens (tertiary/aromatic N) is 2. The summed E-state index contributed by atoms with van der Waals surface area (Å²) in [6.45, 7) is -3.25. The maximum absolute atomic E-state index is 13.2. The number of carbonyl (C=O) groups is 1. The minimum absolute atomic E-state index is 0.00436. The normalized spacial score (nSPS) is 11.1. The van der Waals surface area contributed by atoms with Gasteiger partial charge in [-0.1, -0.05) is 18.2 Å². The Labute approximate surface area is 129 Å². The molecule has 0 fully saturated rings. The van der Waals surface area contributed by atoms with Gasteiger partial charge in [-0.05, 0) is 30.3 Å². The third kappa shape index (κ3) is 3.03. The van der Waals surface area contributed by atoms with E-state index < -0.39 is 24.9 Å². The van der Waals surface area contributed by atoms with Crippen LogP contribution in [0.5, 0.6) is 0 Å². The Morgan fingerprint density at radius 3 is 2.70 bits per heavy atom. The van der Waals surface area contributed by atoms with Gasteiger partial charge in [0, 0.05) is 0 Å². The molecule has 1 aromatic heterocycles. The molecule has 23 heavy (non-hydrogen) atoms. The first kappa shape index (κ1) is 15.1. The Hall–Kier alpha value is -2.83. The number of halogens is 3. The number of carbonyl (C=O) groups excluding carboxylic acids is 1. The molecule has 0 radical (unpaired) electrons. The summed E-state index contributed by atoms with van der Waals surface area (Å²) >= 11 is 0. The van der Waals surface area contributed by atoms with Crippen LogP contribution in [0.25, 0.3) is 11.0 Å². The molecule has 0 spiro atoms. The molecule has 3 rings (SSSR count). The van der Waals surface area contributed by atoms with Gasteiger partial charge in [0.1, 0.15) is 12.4 Å². The average molecular weight is 320 g/mol. The topological polar surface area (TPSA) is 44.1 Å². The molecular formula is C16H11F3N2O2. The second kappa shape index (κ2) is 6.12. The van der Waals surface area contributed by atoms with E-state index in [0.717, 1.165) is 6.07 Å². The maximum atomic E-state index is 13.2. The number of fused-ring (bicyclic) bond motifs is 1. The van der Waals surface area contributed by atoms with Crippen LogP contribution in [0.3, 0.4) is 0 Å². The molecule has 7 heteroatoms. The molecule has 0 N–H and O–H groups in total. The van der Waals surface area contributed by atoms with E-state index in [1.54, 1.807) is 18.2 Å². The summed E-state index contributed by atoms with van der Waals surface area (Å²) < 4.78 is 45.2. The number of imidazole rings is 1. The van der Waals surface area contributed by atoms with Crippen molar-refractivity contribution in [3.63, 3.8) is 0 Å². The van der Waals surface area contributed by atoms with Crippen molar-refractivity contribution in [3.8, 4) is 0 Å². The van der Waals surface area contributed by atoms with Crippen LogP contribution in [-0.4, -0.2) is 15.5 Å². The molecule has 0 unspecified atom stereocenters. The molecule has 0 saturated heterocycles. The highest BCUT2D eigenvalue weighted by Gasteiger charge is 2.19. The van der Waals surface area contributed by atoms with Crippen LogP contribution in [0, 0.1) is 5.82 Å². The van der Waals surface area contributed by atoms with Crippen molar-refractivity contribution >= 4 is 17.0 Å². The minimum Gasteiger partial charge on any atom is -0.454 e. The largest absolute Gasteiger partial charge is 0.454 e. The monoisotopic (exact) mass is 320 g/mol. The predicted molar refractivity (Wildman–Crippen MR) is 76.5 cm³/mol. The average Bonchev–Trinajstić information content (AvgIpc) is 2.91. The van der Waals surface area contributed by atoms with Crippen LogP contribution in [0.1, 0.15) is 22.7 Å². The molecule has 0 amide bonds. The van der Waals surface area contributed by atoms with Gasteiger partial charge in [-0.2, -0.15) is 8.78 Å². The highest BCUT2D eigenvalue weighted by Crippen LogP contribution is 2.23. The van der Waals surface area contributed by atoms with E-state index in [1.165, 1.54) is 24.3 Å². The summed E-state index contributed by atoms with van der Waals surface area (Å²) in [6, 6.07) is 11.3. The van der Waals surface area contributed by atoms with Gasteiger partial charge in [-0.3, -0.25) is 4.57 Å². The van der Waals surface area contributed by atoms with Gasteiger partial charge in [0.25, 0.3) is 0 Å². The molecule has 2 aromatic carbocycles. The summed E-state index contributed by atoms with van der Waals surface area (Å²) in [5.74, 6) is -1.47. The smallest absolute Gasteiger partial charge is 0.338 e. The van der Waals surface area contributed by atoms with Gasteiger partial charge in [-0.15, -0.1) is 0 Å². The molecule has 118 valence electrons. The van der Waals surface area contributed by atoms with Gasteiger partial charge in [0.15, 0.2) is 5.82 Å². The second-order valence-electron chi connectivity index (χ2n) is 4.75. The van der Waals surface area contributed by atoms with E-state index in [1.807, 2.05) is 0 Å². The molecule has 3 aromatic rings. The fourth-order valence-corrected chi connectivity index (χ4v) is 2.24. The number of para-hydroxylation sites is 2. The van der Waals surface area contributed by atoms with Crippen LogP contribution in [0.2, 0.25) is 0 Å². The maximum Gasteiger partial charge on any atom is 0.338 e. The SMILES string of the molecule is O=C(OCc1nc2ccccc2n1C(F)F)c1cccc(F)c1. The third-order valence-electron chi connectivity index (χ3n) is 3.26. The van der Waals surface area contributed by atoms with Crippen molar-refractivity contribution in [2.45, 2.75) is 13.2 Å². The van der Waals surface area contributed by atoms with E-state index in [-0.39, 0.29) is 16.9 Å². The Morgan fingerprint density at radius 1 is 1.17 bits per heavy atom. The molecule has 0 aliphatic carbocycles. The summed E-state index contributed by atoms with van der Waals surface area (Å²) in [5, 5.41) is 0. The van der Waals surface area contributed by atoms with Crippen LogP contribution in [0.15, 0.2) is 48.5 Å². The molecule has 0 aliphatic heterocycles. The molecule has 4 nitrogen and oxygen atoms in total. The Kier molecular flexibility index (Phi) is 4.01. The summed E-state index contributed by atoms with van der Waals surface area (Å²) in [6.07, 6.45) is 0. The number of aromatic nitrogens is 2. The zero-order valence-corrected chi connectivity index (χ0v) is 11.7. The number of ether oxygens (including phenoxy) is 1. The first-order chi connectivity index (χ1) is 11.1. The first-order valence-corrected chi connectivity index (χ1v) is 6.73.